The van der Waals surface area contributed by atoms with Gasteiger partial charge in [-0.1, -0.05) is 0 Å². The van der Waals surface area contributed by atoms with Gasteiger partial charge in [0, 0.05) is 32.2 Å². The first-order valence-corrected chi connectivity index (χ1v) is 6.07. The van der Waals surface area contributed by atoms with E-state index < -0.39 is 0 Å². The Morgan fingerprint density at radius 1 is 0.929 bits per heavy atom. The van der Waals surface area contributed by atoms with Gasteiger partial charge in [0.1, 0.15) is 0 Å². The van der Waals surface area contributed by atoms with Crippen molar-refractivity contribution in [2.75, 3.05) is 33.2 Å². The van der Waals surface area contributed by atoms with Crippen molar-refractivity contribution in [1.82, 2.24) is 9.80 Å². The van der Waals surface area contributed by atoms with Crippen LogP contribution in [0.3, 0.4) is 0 Å². The maximum Gasteiger partial charge on any atom is 0.00388 e. The summed E-state index contributed by atoms with van der Waals surface area (Å²) in [6, 6.07) is 0.738. The van der Waals surface area contributed by atoms with Crippen molar-refractivity contribution < 1.29 is 0 Å². The van der Waals surface area contributed by atoms with Crippen molar-refractivity contribution in [3.63, 3.8) is 0 Å². The third-order valence-corrected chi connectivity index (χ3v) is 3.84. The number of hydrogen-bond acceptors (Lipinski definition) is 2. The van der Waals surface area contributed by atoms with E-state index in [2.05, 4.69) is 30.7 Å². The molecule has 2 atom stereocenters. The lowest BCUT2D eigenvalue weighted by molar-refractivity contribution is 0.126. The predicted molar refractivity (Wildman–Crippen MR) is 60.4 cm³/mol. The van der Waals surface area contributed by atoms with Crippen molar-refractivity contribution in [1.29, 1.82) is 0 Å². The van der Waals surface area contributed by atoms with Gasteiger partial charge in [-0.2, -0.15) is 0 Å². The zero-order valence-electron chi connectivity index (χ0n) is 9.87. The second-order valence-corrected chi connectivity index (χ2v) is 5.58. The van der Waals surface area contributed by atoms with Crippen LogP contribution >= 0.6 is 0 Å². The van der Waals surface area contributed by atoms with Gasteiger partial charge in [0.25, 0.3) is 0 Å². The van der Waals surface area contributed by atoms with E-state index in [1.54, 1.807) is 0 Å². The molecule has 0 aromatic carbocycles. The SMILES string of the molecule is CC(C)N1CC2CCC(CN(C)C2)C1. The average Bonchev–Trinajstić information content (AvgIpc) is 2.34. The van der Waals surface area contributed by atoms with Crippen molar-refractivity contribution in [2.45, 2.75) is 32.7 Å². The molecule has 2 nitrogen and oxygen atoms in total. The average molecular weight is 196 g/mol. The van der Waals surface area contributed by atoms with Crippen molar-refractivity contribution in [3.05, 3.63) is 0 Å². The highest BCUT2D eigenvalue weighted by Gasteiger charge is 2.30. The van der Waals surface area contributed by atoms with E-state index in [0.717, 1.165) is 17.9 Å². The fraction of sp³-hybridized carbons (Fsp3) is 1.00. The summed E-state index contributed by atoms with van der Waals surface area (Å²) in [6.07, 6.45) is 2.91. The van der Waals surface area contributed by atoms with Gasteiger partial charge in [-0.25, -0.2) is 0 Å². The van der Waals surface area contributed by atoms with Crippen molar-refractivity contribution >= 4 is 0 Å². The summed E-state index contributed by atoms with van der Waals surface area (Å²) in [6.45, 7) is 9.98. The Kier molecular flexibility index (Phi) is 3.13. The van der Waals surface area contributed by atoms with Crippen LogP contribution in [0, 0.1) is 11.8 Å². The van der Waals surface area contributed by atoms with E-state index in [4.69, 9.17) is 0 Å². The number of likely N-dealkylation sites (tertiary alicyclic amines) is 2. The summed E-state index contributed by atoms with van der Waals surface area (Å²) < 4.78 is 0. The molecule has 14 heavy (non-hydrogen) atoms. The summed E-state index contributed by atoms with van der Waals surface area (Å²) in [7, 11) is 2.29. The summed E-state index contributed by atoms with van der Waals surface area (Å²) in [5, 5.41) is 0. The lowest BCUT2D eigenvalue weighted by Crippen LogP contribution is -2.44. The topological polar surface area (TPSA) is 6.48 Å². The molecule has 2 saturated heterocycles. The Bertz CT molecular complexity index is 175. The number of nitrogens with zero attached hydrogens (tertiary/aromatic N) is 2. The molecule has 0 saturated carbocycles. The van der Waals surface area contributed by atoms with E-state index >= 15 is 0 Å². The molecule has 0 N–H and O–H groups in total. The van der Waals surface area contributed by atoms with Crippen LogP contribution in [0.1, 0.15) is 26.7 Å². The van der Waals surface area contributed by atoms with E-state index in [9.17, 15) is 0 Å². The van der Waals surface area contributed by atoms with E-state index in [1.807, 2.05) is 0 Å². The molecule has 0 aliphatic carbocycles. The molecule has 0 aromatic heterocycles. The van der Waals surface area contributed by atoms with Gasteiger partial charge in [-0.15, -0.1) is 0 Å². The number of rotatable bonds is 1. The van der Waals surface area contributed by atoms with Gasteiger partial charge >= 0.3 is 0 Å². The van der Waals surface area contributed by atoms with Gasteiger partial charge in [-0.05, 0) is 45.6 Å². The number of fused-ring (bicyclic) bond motifs is 3. The molecule has 0 radical (unpaired) electrons. The standard InChI is InChI=1S/C12H24N2/c1-10(2)14-8-11-4-5-12(9-14)7-13(3)6-11/h10-12H,4-9H2,1-3H3. The summed E-state index contributed by atoms with van der Waals surface area (Å²) in [5.74, 6) is 1.85. The normalized spacial score (nSPS) is 36.0. The lowest BCUT2D eigenvalue weighted by Gasteiger charge is -2.35. The van der Waals surface area contributed by atoms with Crippen molar-refractivity contribution in [3.8, 4) is 0 Å². The van der Waals surface area contributed by atoms with Crippen LogP contribution < -0.4 is 0 Å². The van der Waals surface area contributed by atoms with E-state index in [1.165, 1.54) is 39.0 Å². The van der Waals surface area contributed by atoms with E-state index in [-0.39, 0.29) is 0 Å². The fourth-order valence-corrected chi connectivity index (χ4v) is 3.07. The highest BCUT2D eigenvalue weighted by Crippen LogP contribution is 2.27. The molecular formula is C12H24N2. The molecule has 2 unspecified atom stereocenters. The Labute approximate surface area is 88.3 Å². The molecule has 2 aliphatic heterocycles. The highest BCUT2D eigenvalue weighted by molar-refractivity contribution is 4.84. The van der Waals surface area contributed by atoms with Crippen LogP contribution in [0.5, 0.6) is 0 Å². The largest absolute Gasteiger partial charge is 0.306 e. The second-order valence-electron chi connectivity index (χ2n) is 5.58. The molecule has 0 aromatic rings. The third-order valence-electron chi connectivity index (χ3n) is 3.84. The summed E-state index contributed by atoms with van der Waals surface area (Å²) in [4.78, 5) is 5.23. The maximum absolute atomic E-state index is 2.69. The molecule has 0 spiro atoms. The summed E-state index contributed by atoms with van der Waals surface area (Å²) >= 11 is 0. The molecular weight excluding hydrogens is 172 g/mol. The maximum atomic E-state index is 2.69. The molecule has 2 fully saturated rings. The minimum absolute atomic E-state index is 0.738. The van der Waals surface area contributed by atoms with Gasteiger partial charge < -0.3 is 9.80 Å². The van der Waals surface area contributed by atoms with E-state index in [0.29, 0.717) is 0 Å². The van der Waals surface area contributed by atoms with Crippen LogP contribution in [0.15, 0.2) is 0 Å². The van der Waals surface area contributed by atoms with Crippen LogP contribution in [0.4, 0.5) is 0 Å². The molecule has 2 bridgehead atoms. The van der Waals surface area contributed by atoms with Crippen LogP contribution in [0.25, 0.3) is 0 Å². The smallest absolute Gasteiger partial charge is 0.00388 e. The van der Waals surface area contributed by atoms with Gasteiger partial charge in [0.05, 0.1) is 0 Å². The quantitative estimate of drug-likeness (QED) is 0.629. The third kappa shape index (κ3) is 2.29. The Morgan fingerprint density at radius 3 is 1.86 bits per heavy atom. The molecule has 2 heteroatoms. The number of hydrogen-bond donors (Lipinski definition) is 0. The van der Waals surface area contributed by atoms with Gasteiger partial charge in [0.2, 0.25) is 0 Å². The highest BCUT2D eigenvalue weighted by atomic mass is 15.2. The first-order valence-electron chi connectivity index (χ1n) is 6.07. The van der Waals surface area contributed by atoms with Crippen LogP contribution in [-0.4, -0.2) is 49.1 Å². The summed E-state index contributed by atoms with van der Waals surface area (Å²) in [5.41, 5.74) is 0. The predicted octanol–water partition coefficient (Wildman–Crippen LogP) is 1.67. The first kappa shape index (κ1) is 10.4. The lowest BCUT2D eigenvalue weighted by atomic mass is 10.0. The fourth-order valence-electron chi connectivity index (χ4n) is 3.07. The van der Waals surface area contributed by atoms with Crippen molar-refractivity contribution in [2.24, 2.45) is 11.8 Å². The molecule has 2 aliphatic rings. The Hall–Kier alpha value is -0.0800. The first-order chi connectivity index (χ1) is 6.65. The minimum Gasteiger partial charge on any atom is -0.306 e. The minimum atomic E-state index is 0.738. The van der Waals surface area contributed by atoms with Gasteiger partial charge in [0.15, 0.2) is 0 Å². The Balaban J connectivity index is 2.05. The monoisotopic (exact) mass is 196 g/mol. The zero-order chi connectivity index (χ0) is 10.1. The Morgan fingerprint density at radius 2 is 1.43 bits per heavy atom. The zero-order valence-corrected chi connectivity index (χ0v) is 9.87. The van der Waals surface area contributed by atoms with Crippen LogP contribution in [-0.2, 0) is 0 Å². The van der Waals surface area contributed by atoms with Gasteiger partial charge in [-0.3, -0.25) is 0 Å². The second kappa shape index (κ2) is 4.19. The molecule has 82 valence electrons. The molecule has 0 amide bonds. The molecule has 2 heterocycles. The molecule has 2 rings (SSSR count). The van der Waals surface area contributed by atoms with Crippen LogP contribution in [0.2, 0.25) is 0 Å².